The molecule has 2 N–H and O–H groups in total. The summed E-state index contributed by atoms with van der Waals surface area (Å²) < 4.78 is 11.0. The van der Waals surface area contributed by atoms with Crippen LogP contribution in [0.5, 0.6) is 11.5 Å². The highest BCUT2D eigenvalue weighted by atomic mass is 32.2. The Kier molecular flexibility index (Phi) is 5.99. The number of nitrogens with one attached hydrogen (secondary N) is 1. The molecule has 0 radical (unpaired) electrons. The van der Waals surface area contributed by atoms with Gasteiger partial charge in [0.2, 0.25) is 0 Å². The zero-order valence-corrected chi connectivity index (χ0v) is 14.5. The minimum Gasteiger partial charge on any atom is -0.493 e. The van der Waals surface area contributed by atoms with E-state index >= 15 is 0 Å². The lowest BCUT2D eigenvalue weighted by Gasteiger charge is -2.14. The first-order chi connectivity index (χ1) is 11.4. The Morgan fingerprint density at radius 2 is 2.25 bits per heavy atom. The second kappa shape index (κ2) is 7.98. The van der Waals surface area contributed by atoms with Gasteiger partial charge in [0.1, 0.15) is 4.32 Å². The second-order valence-corrected chi connectivity index (χ2v) is 6.46. The van der Waals surface area contributed by atoms with Crippen LogP contribution in [0.1, 0.15) is 11.1 Å². The van der Waals surface area contributed by atoms with Crippen LogP contribution in [0.15, 0.2) is 29.7 Å². The van der Waals surface area contributed by atoms with Crippen LogP contribution in [0.4, 0.5) is 0 Å². The Labute approximate surface area is 148 Å². The van der Waals surface area contributed by atoms with Crippen molar-refractivity contribution in [1.82, 2.24) is 5.32 Å². The van der Waals surface area contributed by atoms with Gasteiger partial charge in [-0.1, -0.05) is 30.1 Å². The Hall–Kier alpha value is -2.32. The molecule has 8 heteroatoms. The summed E-state index contributed by atoms with van der Waals surface area (Å²) in [5.74, 6) is -0.602. The molecule has 2 rings (SSSR count). The standard InChI is InChI=1S/C16H15NO5S2/c1-3-4-10-5-9(7-12-15(20)17-16(23)24-12)6-11(21-2)14(10)22-8-13(18)19/h3,5-7H,1,4,8H2,2H3,(H,18,19)(H,17,20,23)/b12-7+. The van der Waals surface area contributed by atoms with Crippen LogP contribution in [0.3, 0.4) is 0 Å². The number of methoxy groups -OCH3 is 1. The van der Waals surface area contributed by atoms with Gasteiger partial charge in [0.05, 0.1) is 12.0 Å². The molecule has 1 aliphatic heterocycles. The summed E-state index contributed by atoms with van der Waals surface area (Å²) in [6, 6.07) is 3.47. The molecule has 0 bridgehead atoms. The van der Waals surface area contributed by atoms with Gasteiger partial charge >= 0.3 is 5.97 Å². The van der Waals surface area contributed by atoms with E-state index in [9.17, 15) is 9.59 Å². The Morgan fingerprint density at radius 1 is 1.50 bits per heavy atom. The molecule has 0 unspecified atom stereocenters. The van der Waals surface area contributed by atoms with Gasteiger partial charge in [-0.05, 0) is 30.2 Å². The number of hydrogen-bond donors (Lipinski definition) is 2. The number of thiocarbonyl (C=S) groups is 1. The summed E-state index contributed by atoms with van der Waals surface area (Å²) in [4.78, 5) is 23.0. The molecule has 126 valence electrons. The van der Waals surface area contributed by atoms with Gasteiger partial charge in [0, 0.05) is 5.56 Å². The van der Waals surface area contributed by atoms with Gasteiger partial charge < -0.3 is 19.9 Å². The number of thioether (sulfide) groups is 1. The minimum absolute atomic E-state index is 0.250. The summed E-state index contributed by atoms with van der Waals surface area (Å²) >= 11 is 6.14. The molecule has 24 heavy (non-hydrogen) atoms. The summed E-state index contributed by atoms with van der Waals surface area (Å²) in [6.07, 6.45) is 3.82. The zero-order chi connectivity index (χ0) is 17.7. The molecule has 1 aromatic carbocycles. The number of carbonyl (C=O) groups excluding carboxylic acids is 1. The summed E-state index contributed by atoms with van der Waals surface area (Å²) in [6.45, 7) is 3.21. The van der Waals surface area contributed by atoms with Crippen molar-refractivity contribution in [2.24, 2.45) is 0 Å². The van der Waals surface area contributed by atoms with E-state index in [2.05, 4.69) is 11.9 Å². The fourth-order valence-corrected chi connectivity index (χ4v) is 3.14. The van der Waals surface area contributed by atoms with Crippen molar-refractivity contribution in [2.45, 2.75) is 6.42 Å². The van der Waals surface area contributed by atoms with E-state index in [0.717, 1.165) is 0 Å². The van der Waals surface area contributed by atoms with E-state index in [0.29, 0.717) is 38.3 Å². The van der Waals surface area contributed by atoms with Gasteiger partial charge in [-0.15, -0.1) is 6.58 Å². The highest BCUT2D eigenvalue weighted by Crippen LogP contribution is 2.35. The molecular formula is C16H15NO5S2. The summed E-state index contributed by atoms with van der Waals surface area (Å²) in [7, 11) is 1.46. The number of rotatable bonds is 7. The maximum absolute atomic E-state index is 11.8. The number of aliphatic carboxylic acids is 1. The van der Waals surface area contributed by atoms with Crippen LogP contribution in [0, 0.1) is 0 Å². The van der Waals surface area contributed by atoms with Crippen molar-refractivity contribution in [1.29, 1.82) is 0 Å². The van der Waals surface area contributed by atoms with Crippen molar-refractivity contribution in [3.05, 3.63) is 40.8 Å². The maximum atomic E-state index is 11.8. The van der Waals surface area contributed by atoms with Gasteiger partial charge in [0.25, 0.3) is 5.91 Å². The third kappa shape index (κ3) is 4.36. The van der Waals surface area contributed by atoms with E-state index in [1.807, 2.05) is 0 Å². The summed E-state index contributed by atoms with van der Waals surface area (Å²) in [5.41, 5.74) is 1.43. The number of carboxylic acids is 1. The number of hydrogen-bond acceptors (Lipinski definition) is 6. The minimum atomic E-state index is -1.08. The Bertz CT molecular complexity index is 742. The van der Waals surface area contributed by atoms with Crippen molar-refractivity contribution in [2.75, 3.05) is 13.7 Å². The highest BCUT2D eigenvalue weighted by molar-refractivity contribution is 8.26. The fraction of sp³-hybridized carbons (Fsp3) is 0.188. The second-order valence-electron chi connectivity index (χ2n) is 4.74. The van der Waals surface area contributed by atoms with Gasteiger partial charge in [-0.2, -0.15) is 0 Å². The van der Waals surface area contributed by atoms with Crippen molar-refractivity contribution in [3.63, 3.8) is 0 Å². The summed E-state index contributed by atoms with van der Waals surface area (Å²) in [5, 5.41) is 11.4. The normalized spacial score (nSPS) is 15.3. The first-order valence-corrected chi connectivity index (χ1v) is 8.08. The molecule has 1 heterocycles. The van der Waals surface area contributed by atoms with Crippen molar-refractivity contribution < 1.29 is 24.2 Å². The molecule has 1 saturated heterocycles. The molecular weight excluding hydrogens is 350 g/mol. The van der Waals surface area contributed by atoms with E-state index in [4.69, 9.17) is 26.8 Å². The Morgan fingerprint density at radius 3 is 2.79 bits per heavy atom. The largest absolute Gasteiger partial charge is 0.493 e. The first kappa shape index (κ1) is 18.0. The topological polar surface area (TPSA) is 84.9 Å². The molecule has 0 atom stereocenters. The number of carboxylic acid groups (broad SMARTS) is 1. The lowest BCUT2D eigenvalue weighted by molar-refractivity contribution is -0.139. The van der Waals surface area contributed by atoms with E-state index in [1.54, 1.807) is 24.3 Å². The highest BCUT2D eigenvalue weighted by Gasteiger charge is 2.22. The molecule has 0 aliphatic carbocycles. The lowest BCUT2D eigenvalue weighted by Crippen LogP contribution is -2.17. The molecule has 0 aromatic heterocycles. The van der Waals surface area contributed by atoms with Crippen LogP contribution >= 0.6 is 24.0 Å². The van der Waals surface area contributed by atoms with Gasteiger partial charge in [-0.25, -0.2) is 4.79 Å². The predicted molar refractivity (Wildman–Crippen MR) is 96.3 cm³/mol. The quantitative estimate of drug-likeness (QED) is 0.436. The van der Waals surface area contributed by atoms with Crippen LogP contribution in [-0.4, -0.2) is 35.0 Å². The van der Waals surface area contributed by atoms with Crippen molar-refractivity contribution in [3.8, 4) is 11.5 Å². The van der Waals surface area contributed by atoms with Crippen LogP contribution in [0.25, 0.3) is 6.08 Å². The number of carbonyl (C=O) groups is 2. The average Bonchev–Trinajstić information content (AvgIpc) is 2.83. The van der Waals surface area contributed by atoms with Crippen LogP contribution < -0.4 is 14.8 Å². The smallest absolute Gasteiger partial charge is 0.341 e. The average molecular weight is 365 g/mol. The first-order valence-electron chi connectivity index (χ1n) is 6.86. The monoisotopic (exact) mass is 365 g/mol. The Balaban J connectivity index is 2.43. The molecule has 1 amide bonds. The van der Waals surface area contributed by atoms with Gasteiger partial charge in [-0.3, -0.25) is 4.79 Å². The molecule has 0 saturated carbocycles. The number of allylic oxidation sites excluding steroid dienone is 1. The molecule has 1 fully saturated rings. The number of amides is 1. The molecule has 1 aromatic rings. The third-order valence-electron chi connectivity index (χ3n) is 3.02. The number of ether oxygens (including phenoxy) is 2. The van der Waals surface area contributed by atoms with E-state index in [1.165, 1.54) is 18.9 Å². The predicted octanol–water partition coefficient (Wildman–Crippen LogP) is 2.38. The zero-order valence-electron chi connectivity index (χ0n) is 12.8. The van der Waals surface area contributed by atoms with Gasteiger partial charge in [0.15, 0.2) is 18.1 Å². The maximum Gasteiger partial charge on any atom is 0.341 e. The van der Waals surface area contributed by atoms with Crippen LogP contribution in [0.2, 0.25) is 0 Å². The molecule has 1 aliphatic rings. The lowest BCUT2D eigenvalue weighted by atomic mass is 10.0. The fourth-order valence-electron chi connectivity index (χ4n) is 2.10. The number of benzene rings is 1. The van der Waals surface area contributed by atoms with Crippen molar-refractivity contribution >= 4 is 46.3 Å². The van der Waals surface area contributed by atoms with Crippen LogP contribution in [-0.2, 0) is 16.0 Å². The molecule has 6 nitrogen and oxygen atoms in total. The molecule has 0 spiro atoms. The van der Waals surface area contributed by atoms with E-state index < -0.39 is 12.6 Å². The van der Waals surface area contributed by atoms with E-state index in [-0.39, 0.29) is 5.91 Å². The SMILES string of the molecule is C=CCc1cc(/C=C2/SC(=S)NC2=O)cc(OC)c1OCC(=O)O. The third-order valence-corrected chi connectivity index (χ3v) is 4.18.